The summed E-state index contributed by atoms with van der Waals surface area (Å²) in [7, 11) is 0. The third-order valence-corrected chi connectivity index (χ3v) is 3.47. The van der Waals surface area contributed by atoms with Gasteiger partial charge in [-0.3, -0.25) is 5.10 Å². The van der Waals surface area contributed by atoms with Gasteiger partial charge in [0.25, 0.3) is 0 Å². The Labute approximate surface area is 99.1 Å². The molecule has 86 valence electrons. The first-order chi connectivity index (χ1) is 7.75. The molecule has 0 atom stereocenters. The molecule has 2 aromatic rings. The molecule has 0 aliphatic heterocycles. The largest absolute Gasteiger partial charge is 0.312 e. The van der Waals surface area contributed by atoms with Crippen LogP contribution in [0, 0.1) is 13.8 Å². The van der Waals surface area contributed by atoms with Gasteiger partial charge in [0.15, 0.2) is 0 Å². The highest BCUT2D eigenvalue weighted by atomic mass is 32.1. The molecule has 0 spiro atoms. The lowest BCUT2D eigenvalue weighted by Gasteiger charge is -2.02. The van der Waals surface area contributed by atoms with Crippen molar-refractivity contribution in [1.82, 2.24) is 20.5 Å². The van der Waals surface area contributed by atoms with Crippen molar-refractivity contribution in [2.45, 2.75) is 26.8 Å². The van der Waals surface area contributed by atoms with Crippen molar-refractivity contribution < 1.29 is 0 Å². The fraction of sp³-hybridized carbons (Fsp3) is 0.455. The zero-order valence-electron chi connectivity index (χ0n) is 9.58. The second-order valence-corrected chi connectivity index (χ2v) is 5.26. The molecule has 0 aliphatic rings. The van der Waals surface area contributed by atoms with E-state index in [1.165, 1.54) is 15.3 Å². The number of rotatable bonds is 5. The average Bonchev–Trinajstić information content (AvgIpc) is 2.84. The second-order valence-electron chi connectivity index (χ2n) is 3.80. The van der Waals surface area contributed by atoms with Gasteiger partial charge < -0.3 is 5.32 Å². The molecule has 2 N–H and O–H groups in total. The van der Waals surface area contributed by atoms with E-state index in [4.69, 9.17) is 0 Å². The summed E-state index contributed by atoms with van der Waals surface area (Å²) < 4.78 is 0. The van der Waals surface area contributed by atoms with Crippen molar-refractivity contribution in [3.05, 3.63) is 33.5 Å². The van der Waals surface area contributed by atoms with Crippen molar-refractivity contribution >= 4 is 11.3 Å². The maximum absolute atomic E-state index is 4.08. The van der Waals surface area contributed by atoms with E-state index >= 15 is 0 Å². The normalized spacial score (nSPS) is 10.9. The van der Waals surface area contributed by atoms with Crippen LogP contribution in [0.4, 0.5) is 0 Å². The van der Waals surface area contributed by atoms with Crippen molar-refractivity contribution in [2.24, 2.45) is 0 Å². The van der Waals surface area contributed by atoms with Crippen LogP contribution in [0.15, 0.2) is 12.4 Å². The zero-order chi connectivity index (χ0) is 11.4. The molecule has 2 heterocycles. The molecule has 16 heavy (non-hydrogen) atoms. The van der Waals surface area contributed by atoms with Crippen molar-refractivity contribution in [2.75, 3.05) is 6.54 Å². The first-order valence-corrected chi connectivity index (χ1v) is 6.18. The van der Waals surface area contributed by atoms with Gasteiger partial charge in [0.2, 0.25) is 0 Å². The van der Waals surface area contributed by atoms with E-state index in [9.17, 15) is 0 Å². The number of thiophene rings is 1. The molecule has 0 fully saturated rings. The summed E-state index contributed by atoms with van der Waals surface area (Å²) in [5, 5.41) is 10.1. The number of aromatic amines is 1. The van der Waals surface area contributed by atoms with E-state index in [1.54, 1.807) is 6.33 Å². The predicted molar refractivity (Wildman–Crippen MR) is 65.6 cm³/mol. The SMILES string of the molecule is Cc1cc(CNCCc2ncn[nH]2)c(C)s1. The molecule has 0 bridgehead atoms. The molecule has 0 saturated carbocycles. The first kappa shape index (κ1) is 11.3. The highest BCUT2D eigenvalue weighted by Gasteiger charge is 2.02. The van der Waals surface area contributed by atoms with Crippen LogP contribution < -0.4 is 5.32 Å². The van der Waals surface area contributed by atoms with Gasteiger partial charge in [-0.15, -0.1) is 11.3 Å². The first-order valence-electron chi connectivity index (χ1n) is 5.36. The molecule has 2 aromatic heterocycles. The minimum atomic E-state index is 0.891. The van der Waals surface area contributed by atoms with E-state index in [0.29, 0.717) is 0 Å². The molecule has 0 radical (unpaired) electrons. The molecular formula is C11H16N4S. The maximum Gasteiger partial charge on any atom is 0.137 e. The summed E-state index contributed by atoms with van der Waals surface area (Å²) >= 11 is 1.86. The quantitative estimate of drug-likeness (QED) is 0.779. The minimum absolute atomic E-state index is 0.891. The zero-order valence-corrected chi connectivity index (χ0v) is 10.4. The van der Waals surface area contributed by atoms with Gasteiger partial charge >= 0.3 is 0 Å². The summed E-state index contributed by atoms with van der Waals surface area (Å²) in [5.41, 5.74) is 1.40. The number of H-pyrrole nitrogens is 1. The van der Waals surface area contributed by atoms with E-state index in [2.05, 4.69) is 40.4 Å². The number of nitrogens with zero attached hydrogens (tertiary/aromatic N) is 2. The Morgan fingerprint density at radius 2 is 2.31 bits per heavy atom. The fourth-order valence-electron chi connectivity index (χ4n) is 1.64. The number of aryl methyl sites for hydroxylation is 2. The average molecular weight is 236 g/mol. The Kier molecular flexibility index (Phi) is 3.69. The van der Waals surface area contributed by atoms with Gasteiger partial charge in [0.05, 0.1) is 0 Å². The van der Waals surface area contributed by atoms with Crippen LogP contribution >= 0.6 is 11.3 Å². The molecular weight excluding hydrogens is 220 g/mol. The summed E-state index contributed by atoms with van der Waals surface area (Å²) in [6, 6.07) is 2.25. The highest BCUT2D eigenvalue weighted by molar-refractivity contribution is 7.12. The topological polar surface area (TPSA) is 53.6 Å². The van der Waals surface area contributed by atoms with Crippen LogP contribution in [0.3, 0.4) is 0 Å². The molecule has 0 aliphatic carbocycles. The predicted octanol–water partition coefficient (Wildman–Crippen LogP) is 1.82. The van der Waals surface area contributed by atoms with Crippen molar-refractivity contribution in [3.63, 3.8) is 0 Å². The lowest BCUT2D eigenvalue weighted by atomic mass is 10.2. The van der Waals surface area contributed by atoms with E-state index in [-0.39, 0.29) is 0 Å². The van der Waals surface area contributed by atoms with E-state index in [0.717, 1.165) is 25.3 Å². The van der Waals surface area contributed by atoms with Gasteiger partial charge in [-0.25, -0.2) is 4.98 Å². The van der Waals surface area contributed by atoms with Gasteiger partial charge in [0.1, 0.15) is 12.2 Å². The Balaban J connectivity index is 1.74. The van der Waals surface area contributed by atoms with Crippen molar-refractivity contribution in [1.29, 1.82) is 0 Å². The third kappa shape index (κ3) is 2.90. The monoisotopic (exact) mass is 236 g/mol. The van der Waals surface area contributed by atoms with Crippen LogP contribution in [-0.2, 0) is 13.0 Å². The van der Waals surface area contributed by atoms with Crippen LogP contribution in [-0.4, -0.2) is 21.7 Å². The second kappa shape index (κ2) is 5.23. The van der Waals surface area contributed by atoms with Gasteiger partial charge in [0, 0.05) is 29.3 Å². The Morgan fingerprint density at radius 3 is 2.94 bits per heavy atom. The maximum atomic E-state index is 4.08. The number of hydrogen-bond acceptors (Lipinski definition) is 4. The molecule has 5 heteroatoms. The molecule has 0 unspecified atom stereocenters. The molecule has 0 saturated heterocycles. The Hall–Kier alpha value is -1.20. The molecule has 2 rings (SSSR count). The van der Waals surface area contributed by atoms with Crippen LogP contribution in [0.2, 0.25) is 0 Å². The standard InChI is InChI=1S/C11H16N4S/c1-8-5-10(9(2)16-8)6-12-4-3-11-13-7-14-15-11/h5,7,12H,3-4,6H2,1-2H3,(H,13,14,15). The Bertz CT molecular complexity index is 433. The third-order valence-electron chi connectivity index (χ3n) is 2.46. The van der Waals surface area contributed by atoms with Crippen LogP contribution in [0.5, 0.6) is 0 Å². The summed E-state index contributed by atoms with van der Waals surface area (Å²) in [6.07, 6.45) is 2.43. The summed E-state index contributed by atoms with van der Waals surface area (Å²) in [4.78, 5) is 6.86. The van der Waals surface area contributed by atoms with Gasteiger partial charge in [-0.05, 0) is 25.5 Å². The Morgan fingerprint density at radius 1 is 1.44 bits per heavy atom. The lowest BCUT2D eigenvalue weighted by molar-refractivity contribution is 0.671. The lowest BCUT2D eigenvalue weighted by Crippen LogP contribution is -2.17. The van der Waals surface area contributed by atoms with Crippen molar-refractivity contribution in [3.8, 4) is 0 Å². The molecule has 0 amide bonds. The highest BCUT2D eigenvalue weighted by Crippen LogP contribution is 2.19. The number of aromatic nitrogens is 3. The smallest absolute Gasteiger partial charge is 0.137 e. The number of nitrogens with one attached hydrogen (secondary N) is 2. The van der Waals surface area contributed by atoms with E-state index < -0.39 is 0 Å². The van der Waals surface area contributed by atoms with Gasteiger partial charge in [-0.2, -0.15) is 5.10 Å². The minimum Gasteiger partial charge on any atom is -0.312 e. The van der Waals surface area contributed by atoms with Crippen LogP contribution in [0.1, 0.15) is 21.1 Å². The number of hydrogen-bond donors (Lipinski definition) is 2. The fourth-order valence-corrected chi connectivity index (χ4v) is 2.59. The summed E-state index contributed by atoms with van der Waals surface area (Å²) in [5.74, 6) is 0.936. The summed E-state index contributed by atoms with van der Waals surface area (Å²) in [6.45, 7) is 6.18. The molecule has 4 nitrogen and oxygen atoms in total. The van der Waals surface area contributed by atoms with E-state index in [1.807, 2.05) is 11.3 Å². The van der Waals surface area contributed by atoms with Crippen LogP contribution in [0.25, 0.3) is 0 Å². The molecule has 0 aromatic carbocycles. The van der Waals surface area contributed by atoms with Gasteiger partial charge in [-0.1, -0.05) is 0 Å².